The Bertz CT molecular complexity index is 1290. The number of methoxy groups -OCH3 is 1. The van der Waals surface area contributed by atoms with Gasteiger partial charge >= 0.3 is 0 Å². The van der Waals surface area contributed by atoms with Gasteiger partial charge in [-0.15, -0.1) is 5.10 Å². The molecule has 3 heterocycles. The number of hydrogen-bond acceptors (Lipinski definition) is 7. The van der Waals surface area contributed by atoms with Crippen molar-refractivity contribution < 1.29 is 27.8 Å². The van der Waals surface area contributed by atoms with E-state index in [4.69, 9.17) is 25.8 Å². The largest absolute Gasteiger partial charge is 0.496 e. The van der Waals surface area contributed by atoms with Gasteiger partial charge in [-0.2, -0.15) is 0 Å². The molecule has 0 radical (unpaired) electrons. The molecule has 196 valence electrons. The van der Waals surface area contributed by atoms with Crippen molar-refractivity contribution in [3.63, 3.8) is 0 Å². The monoisotopic (exact) mass is 533 g/mol. The van der Waals surface area contributed by atoms with Crippen LogP contribution in [-0.2, 0) is 24.4 Å². The Hall–Kier alpha value is -3.28. The molecular weight excluding hydrogens is 508 g/mol. The minimum atomic E-state index is -0.958. The highest BCUT2D eigenvalue weighted by molar-refractivity contribution is 6.32. The number of carbonyl (C=O) groups excluding carboxylic acids is 1. The Balaban J connectivity index is 1.40. The molecule has 1 amide bonds. The molecule has 9 nitrogen and oxygen atoms in total. The molecule has 2 aromatic carbocycles. The lowest BCUT2D eigenvalue weighted by molar-refractivity contribution is 0.0293. The van der Waals surface area contributed by atoms with Gasteiger partial charge < -0.3 is 19.5 Å². The average molecular weight is 534 g/mol. The normalized spacial score (nSPS) is 20.7. The summed E-state index contributed by atoms with van der Waals surface area (Å²) in [5.41, 5.74) is 1.13. The molecule has 5 rings (SSSR count). The Morgan fingerprint density at radius 2 is 2.11 bits per heavy atom. The number of nitrogens with zero attached hydrogens (tertiary/aromatic N) is 4. The molecule has 2 aliphatic heterocycles. The third kappa shape index (κ3) is 5.68. The zero-order valence-electron chi connectivity index (χ0n) is 20.1. The van der Waals surface area contributed by atoms with E-state index < -0.39 is 23.8 Å². The Morgan fingerprint density at radius 3 is 2.95 bits per heavy atom. The Labute approximate surface area is 217 Å². The van der Waals surface area contributed by atoms with Gasteiger partial charge in [-0.1, -0.05) is 16.8 Å². The summed E-state index contributed by atoms with van der Waals surface area (Å²) in [5, 5.41) is 11.7. The number of hydrogen-bond donors (Lipinski definition) is 1. The van der Waals surface area contributed by atoms with Crippen LogP contribution in [0.15, 0.2) is 36.5 Å². The van der Waals surface area contributed by atoms with Gasteiger partial charge in [0.15, 0.2) is 11.6 Å². The van der Waals surface area contributed by atoms with Crippen LogP contribution in [0.1, 0.15) is 28.0 Å². The number of likely N-dealkylation sites (tertiary alicyclic amines) is 1. The number of benzene rings is 2. The average Bonchev–Trinajstić information content (AvgIpc) is 3.50. The summed E-state index contributed by atoms with van der Waals surface area (Å²) >= 11 is 6.27. The molecule has 4 bridgehead atoms. The third-order valence-corrected chi connectivity index (χ3v) is 6.74. The third-order valence-electron chi connectivity index (χ3n) is 6.43. The number of aryl methyl sites for hydroxylation is 1. The highest BCUT2D eigenvalue weighted by atomic mass is 35.5. The first-order valence-corrected chi connectivity index (χ1v) is 12.3. The van der Waals surface area contributed by atoms with Crippen molar-refractivity contribution in [2.45, 2.75) is 38.3 Å². The summed E-state index contributed by atoms with van der Waals surface area (Å²) in [6, 6.07) is 6.84. The minimum Gasteiger partial charge on any atom is -0.496 e. The number of aromatic nitrogens is 3. The summed E-state index contributed by atoms with van der Waals surface area (Å²) < 4.78 is 47.5. The molecule has 0 aliphatic carbocycles. The van der Waals surface area contributed by atoms with Gasteiger partial charge in [0.1, 0.15) is 17.2 Å². The van der Waals surface area contributed by atoms with Crippen LogP contribution in [0, 0.1) is 11.6 Å². The van der Waals surface area contributed by atoms with Crippen molar-refractivity contribution in [2.75, 3.05) is 26.8 Å². The maximum Gasteiger partial charge on any atom is 0.251 e. The van der Waals surface area contributed by atoms with Crippen LogP contribution in [0.5, 0.6) is 11.5 Å². The summed E-state index contributed by atoms with van der Waals surface area (Å²) in [6.07, 6.45) is 2.02. The van der Waals surface area contributed by atoms with Gasteiger partial charge in [-0.3, -0.25) is 14.4 Å². The van der Waals surface area contributed by atoms with Crippen molar-refractivity contribution in [3.05, 3.63) is 70.0 Å². The number of rotatable bonds is 3. The summed E-state index contributed by atoms with van der Waals surface area (Å²) in [6.45, 7) is 1.95. The number of fused-ring (bicyclic) bond motifs is 5. The van der Waals surface area contributed by atoms with Gasteiger partial charge in [-0.05, 0) is 30.3 Å². The van der Waals surface area contributed by atoms with E-state index in [0.29, 0.717) is 54.7 Å². The van der Waals surface area contributed by atoms with Gasteiger partial charge in [-0.25, -0.2) is 8.78 Å². The number of nitrogens with one attached hydrogen (secondary N) is 1. The zero-order chi connectivity index (χ0) is 25.9. The van der Waals surface area contributed by atoms with Crippen molar-refractivity contribution in [2.24, 2.45) is 0 Å². The van der Waals surface area contributed by atoms with Crippen LogP contribution in [0.3, 0.4) is 0 Å². The minimum absolute atomic E-state index is 0.0775. The molecule has 3 aromatic rings. The fourth-order valence-electron chi connectivity index (χ4n) is 4.55. The highest BCUT2D eigenvalue weighted by Crippen LogP contribution is 2.29. The SMILES string of the molecule is COc1ccc(F)c(F)c1CN1C[C@@H]2NC(=O)c3ccc(Cl)c(c3)OCCCn3cc(nn3)CO[C@H]2C1. The summed E-state index contributed by atoms with van der Waals surface area (Å²) in [5.74, 6) is -1.57. The molecule has 12 heteroatoms. The van der Waals surface area contributed by atoms with E-state index in [0.717, 1.165) is 6.07 Å². The van der Waals surface area contributed by atoms with E-state index in [1.165, 1.54) is 13.2 Å². The van der Waals surface area contributed by atoms with Crippen LogP contribution in [0.25, 0.3) is 0 Å². The predicted molar refractivity (Wildman–Crippen MR) is 130 cm³/mol. The zero-order valence-corrected chi connectivity index (χ0v) is 20.9. The van der Waals surface area contributed by atoms with Crippen LogP contribution in [0.2, 0.25) is 5.02 Å². The molecule has 1 saturated heterocycles. The maximum atomic E-state index is 14.6. The number of ether oxygens (including phenoxy) is 3. The van der Waals surface area contributed by atoms with Crippen molar-refractivity contribution >= 4 is 17.5 Å². The van der Waals surface area contributed by atoms with Crippen LogP contribution in [0.4, 0.5) is 8.78 Å². The quantitative estimate of drug-likeness (QED) is 0.553. The first-order chi connectivity index (χ1) is 17.9. The first-order valence-electron chi connectivity index (χ1n) is 11.9. The summed E-state index contributed by atoms with van der Waals surface area (Å²) in [7, 11) is 1.41. The Kier molecular flexibility index (Phi) is 7.54. The van der Waals surface area contributed by atoms with Crippen LogP contribution >= 0.6 is 11.6 Å². The fraction of sp³-hybridized carbons (Fsp3) is 0.400. The molecule has 2 aliphatic rings. The van der Waals surface area contributed by atoms with E-state index >= 15 is 0 Å². The number of halogens is 3. The lowest BCUT2D eigenvalue weighted by Crippen LogP contribution is -2.44. The smallest absolute Gasteiger partial charge is 0.251 e. The molecule has 1 N–H and O–H groups in total. The lowest BCUT2D eigenvalue weighted by Gasteiger charge is -2.20. The predicted octanol–water partition coefficient (Wildman–Crippen LogP) is 3.20. The van der Waals surface area contributed by atoms with E-state index in [1.807, 2.05) is 4.90 Å². The second kappa shape index (κ2) is 11.0. The second-order valence-corrected chi connectivity index (χ2v) is 9.39. The van der Waals surface area contributed by atoms with E-state index in [2.05, 4.69) is 15.6 Å². The van der Waals surface area contributed by atoms with Gasteiger partial charge in [0.05, 0.1) is 43.7 Å². The van der Waals surface area contributed by atoms with Gasteiger partial charge in [0, 0.05) is 43.7 Å². The standard InChI is InChI=1S/C25H26ClF2N5O4/c1-35-21-6-5-19(27)24(28)17(21)11-32-12-20-23(13-32)37-14-16-10-33(31-30-16)7-2-8-36-22-9-15(25(34)29-20)3-4-18(22)26/h3-6,9-10,20,23H,2,7-8,11-14H2,1H3,(H,29,34)/t20-,23-/m0/s1. The maximum absolute atomic E-state index is 14.6. The van der Waals surface area contributed by atoms with E-state index in [-0.39, 0.29) is 30.4 Å². The Morgan fingerprint density at radius 1 is 1.24 bits per heavy atom. The fourth-order valence-corrected chi connectivity index (χ4v) is 4.72. The molecule has 0 spiro atoms. The lowest BCUT2D eigenvalue weighted by atomic mass is 10.1. The summed E-state index contributed by atoms with van der Waals surface area (Å²) in [4.78, 5) is 15.0. The van der Waals surface area contributed by atoms with Crippen LogP contribution in [-0.4, -0.2) is 64.8 Å². The van der Waals surface area contributed by atoms with E-state index in [9.17, 15) is 13.6 Å². The highest BCUT2D eigenvalue weighted by Gasteiger charge is 2.36. The number of amides is 1. The van der Waals surface area contributed by atoms with Crippen molar-refractivity contribution in [1.82, 2.24) is 25.2 Å². The van der Waals surface area contributed by atoms with E-state index in [1.54, 1.807) is 29.1 Å². The van der Waals surface area contributed by atoms with Gasteiger partial charge in [0.25, 0.3) is 5.91 Å². The topological polar surface area (TPSA) is 90.7 Å². The molecule has 37 heavy (non-hydrogen) atoms. The number of carbonyl (C=O) groups is 1. The van der Waals surface area contributed by atoms with Crippen LogP contribution < -0.4 is 14.8 Å². The first kappa shape index (κ1) is 25.4. The van der Waals surface area contributed by atoms with Crippen molar-refractivity contribution in [1.29, 1.82) is 0 Å². The molecule has 1 aromatic heterocycles. The second-order valence-electron chi connectivity index (χ2n) is 8.99. The molecule has 1 fully saturated rings. The van der Waals surface area contributed by atoms with Crippen molar-refractivity contribution in [3.8, 4) is 11.5 Å². The molecular formula is C25H26ClF2N5O4. The van der Waals surface area contributed by atoms with Gasteiger partial charge in [0.2, 0.25) is 0 Å². The molecule has 2 atom stereocenters. The molecule has 0 unspecified atom stereocenters. The molecule has 0 saturated carbocycles.